The highest BCUT2D eigenvalue weighted by Crippen LogP contribution is 2.45. The fraction of sp³-hybridized carbons (Fsp3) is 0.472. The number of rotatable bonds is 11. The topological polar surface area (TPSA) is 99.9 Å². The molecule has 3 aromatic carbocycles. The Balaban J connectivity index is 1.65. The van der Waals surface area contributed by atoms with Crippen molar-refractivity contribution in [3.8, 4) is 11.1 Å². The number of non-ortho nitro benzene ring substituents is 1. The van der Waals surface area contributed by atoms with Crippen molar-refractivity contribution >= 4 is 28.4 Å². The molecule has 0 radical (unpaired) electrons. The summed E-state index contributed by atoms with van der Waals surface area (Å²) in [5.41, 5.74) is 5.33. The van der Waals surface area contributed by atoms with Gasteiger partial charge in [0.15, 0.2) is 16.6 Å². The van der Waals surface area contributed by atoms with E-state index in [1.807, 2.05) is 24.3 Å². The van der Waals surface area contributed by atoms with Crippen LogP contribution in [0.5, 0.6) is 0 Å². The molecule has 0 spiro atoms. The zero-order chi connectivity index (χ0) is 34.1. The Morgan fingerprint density at radius 3 is 1.80 bits per heavy atom. The number of nitro benzene ring substituents is 1. The lowest BCUT2D eigenvalue weighted by molar-refractivity contribution is -0.384. The van der Waals surface area contributed by atoms with E-state index in [1.165, 1.54) is 12.1 Å². The molecule has 10 heteroatoms. The van der Waals surface area contributed by atoms with Crippen molar-refractivity contribution in [2.45, 2.75) is 95.9 Å². The van der Waals surface area contributed by atoms with Crippen LogP contribution in [0.2, 0.25) is 36.3 Å². The number of hydrogen-bond donors (Lipinski definition) is 1. The summed E-state index contributed by atoms with van der Waals surface area (Å²) in [6.45, 7) is 22.0. The van der Waals surface area contributed by atoms with Gasteiger partial charge in [0.1, 0.15) is 6.61 Å². The molecule has 0 unspecified atom stereocenters. The zero-order valence-corrected chi connectivity index (χ0v) is 31.0. The van der Waals surface area contributed by atoms with Gasteiger partial charge in [0.05, 0.1) is 23.7 Å². The molecule has 0 fully saturated rings. The summed E-state index contributed by atoms with van der Waals surface area (Å²) < 4.78 is 19.7. The number of nitrogens with zero attached hydrogens (tertiary/aromatic N) is 1. The van der Waals surface area contributed by atoms with E-state index in [9.17, 15) is 14.9 Å². The van der Waals surface area contributed by atoms with Gasteiger partial charge in [0, 0.05) is 18.1 Å². The van der Waals surface area contributed by atoms with Crippen LogP contribution in [-0.2, 0) is 13.6 Å². The molecule has 46 heavy (non-hydrogen) atoms. The van der Waals surface area contributed by atoms with Crippen molar-refractivity contribution in [1.82, 2.24) is 5.32 Å². The Morgan fingerprint density at radius 1 is 0.826 bits per heavy atom. The number of amides is 1. The summed E-state index contributed by atoms with van der Waals surface area (Å²) >= 11 is 0. The number of carbonyl (C=O) groups excluding carboxylic acids is 1. The fourth-order valence-electron chi connectivity index (χ4n) is 5.17. The number of nitrogens with one attached hydrogen (secondary N) is 1. The number of carbonyl (C=O) groups is 1. The normalized spacial score (nSPS) is 15.1. The van der Waals surface area contributed by atoms with Gasteiger partial charge in [0.2, 0.25) is 0 Å². The van der Waals surface area contributed by atoms with Crippen molar-refractivity contribution in [3.63, 3.8) is 0 Å². The average Bonchev–Trinajstić information content (AvgIpc) is 3.29. The molecule has 1 aliphatic rings. The molecule has 248 valence electrons. The molecule has 0 aliphatic heterocycles. The molecule has 1 N–H and O–H groups in total. The Morgan fingerprint density at radius 2 is 1.33 bits per heavy atom. The standard InChI is InChI=1S/C36H50N2O6Si2/c1-35(2,3)45(7,8)43-24-32(33(44-46(9,10)36(4,5)6)25-19-21-26(22-20-25)38(40)41)37-34(39)42-23-31-29-17-13-11-15-27(29)28-16-12-14-18-30(28)31/h11-22,31-33H,23-24H2,1-10H3,(H,37,39)/t32-,33-/m1/s1. The highest BCUT2D eigenvalue weighted by atomic mass is 28.4. The van der Waals surface area contributed by atoms with Gasteiger partial charge in [-0.15, -0.1) is 0 Å². The van der Waals surface area contributed by atoms with Crippen LogP contribution in [0, 0.1) is 10.1 Å². The number of benzene rings is 3. The van der Waals surface area contributed by atoms with Crippen LogP contribution in [0.15, 0.2) is 72.8 Å². The molecule has 0 bridgehead atoms. The maximum atomic E-state index is 13.7. The average molecular weight is 663 g/mol. The maximum absolute atomic E-state index is 13.7. The van der Waals surface area contributed by atoms with E-state index in [-0.39, 0.29) is 34.9 Å². The van der Waals surface area contributed by atoms with E-state index in [0.717, 1.165) is 27.8 Å². The molecular weight excluding hydrogens is 613 g/mol. The first-order chi connectivity index (χ1) is 21.3. The van der Waals surface area contributed by atoms with Gasteiger partial charge < -0.3 is 18.9 Å². The third kappa shape index (κ3) is 7.79. The van der Waals surface area contributed by atoms with Gasteiger partial charge in [-0.2, -0.15) is 0 Å². The van der Waals surface area contributed by atoms with Crippen molar-refractivity contribution < 1.29 is 23.3 Å². The monoisotopic (exact) mass is 662 g/mol. The lowest BCUT2D eigenvalue weighted by Crippen LogP contribution is -2.52. The molecule has 1 amide bonds. The predicted molar refractivity (Wildman–Crippen MR) is 189 cm³/mol. The zero-order valence-electron chi connectivity index (χ0n) is 29.0. The van der Waals surface area contributed by atoms with Crippen LogP contribution < -0.4 is 5.32 Å². The fourth-order valence-corrected chi connectivity index (χ4v) is 7.49. The summed E-state index contributed by atoms with van der Waals surface area (Å²) in [5.74, 6) is -0.0750. The molecule has 1 aliphatic carbocycles. The van der Waals surface area contributed by atoms with E-state index in [1.54, 1.807) is 12.1 Å². The number of nitro groups is 1. The quantitative estimate of drug-likeness (QED) is 0.125. The smallest absolute Gasteiger partial charge is 0.407 e. The second-order valence-corrected chi connectivity index (χ2v) is 24.9. The van der Waals surface area contributed by atoms with Crippen LogP contribution in [0.3, 0.4) is 0 Å². The highest BCUT2D eigenvalue weighted by molar-refractivity contribution is 6.74. The van der Waals surface area contributed by atoms with E-state index in [4.69, 9.17) is 13.6 Å². The first-order valence-corrected chi connectivity index (χ1v) is 21.8. The predicted octanol–water partition coefficient (Wildman–Crippen LogP) is 9.59. The van der Waals surface area contributed by atoms with Gasteiger partial charge in [0.25, 0.3) is 5.69 Å². The van der Waals surface area contributed by atoms with Crippen LogP contribution in [0.1, 0.15) is 70.3 Å². The van der Waals surface area contributed by atoms with Crippen molar-refractivity contribution in [2.24, 2.45) is 0 Å². The molecule has 2 atom stereocenters. The molecule has 0 saturated heterocycles. The number of ether oxygens (including phenoxy) is 1. The Labute approximate surface area is 276 Å². The minimum absolute atomic E-state index is 0.00612. The largest absolute Gasteiger partial charge is 0.449 e. The molecule has 0 aromatic heterocycles. The van der Waals surface area contributed by atoms with Crippen LogP contribution in [0.4, 0.5) is 10.5 Å². The van der Waals surface area contributed by atoms with Gasteiger partial charge in [-0.25, -0.2) is 4.79 Å². The third-order valence-corrected chi connectivity index (χ3v) is 19.1. The molecule has 8 nitrogen and oxygen atoms in total. The minimum atomic E-state index is -2.40. The molecule has 3 aromatic rings. The summed E-state index contributed by atoms with van der Waals surface area (Å²) in [4.78, 5) is 24.7. The van der Waals surface area contributed by atoms with Crippen LogP contribution in [-0.4, -0.2) is 46.9 Å². The summed E-state index contributed by atoms with van der Waals surface area (Å²) in [6, 6.07) is 22.3. The Bertz CT molecular complexity index is 1500. The number of alkyl carbamates (subject to hydrolysis) is 1. The van der Waals surface area contributed by atoms with Crippen molar-refractivity contribution in [1.29, 1.82) is 0 Å². The summed E-state index contributed by atoms with van der Waals surface area (Å²) in [7, 11) is -4.63. The Kier molecular flexibility index (Phi) is 10.4. The second-order valence-electron chi connectivity index (χ2n) is 15.3. The van der Waals surface area contributed by atoms with E-state index in [2.05, 4.69) is 97.3 Å². The summed E-state index contributed by atoms with van der Waals surface area (Å²) in [6.07, 6.45) is -1.18. The summed E-state index contributed by atoms with van der Waals surface area (Å²) in [5, 5.41) is 14.4. The first-order valence-electron chi connectivity index (χ1n) is 16.0. The SMILES string of the molecule is CC(C)(C)[Si](C)(C)OC[C@@H](NC(=O)OCC1c2ccccc2-c2ccccc21)[C@H](O[Si](C)(C)C(C)(C)C)c1ccc([N+](=O)[O-])cc1. The molecule has 0 heterocycles. The number of hydrogen-bond acceptors (Lipinski definition) is 6. The maximum Gasteiger partial charge on any atom is 0.407 e. The van der Waals surface area contributed by atoms with Crippen molar-refractivity contribution in [3.05, 3.63) is 99.6 Å². The minimum Gasteiger partial charge on any atom is -0.449 e. The van der Waals surface area contributed by atoms with Gasteiger partial charge >= 0.3 is 6.09 Å². The third-order valence-electron chi connectivity index (χ3n) is 10.1. The molecular formula is C36H50N2O6Si2. The van der Waals surface area contributed by atoms with E-state index >= 15 is 0 Å². The highest BCUT2D eigenvalue weighted by Gasteiger charge is 2.43. The van der Waals surface area contributed by atoms with E-state index < -0.39 is 39.8 Å². The van der Waals surface area contributed by atoms with Crippen LogP contribution >= 0.6 is 0 Å². The molecule has 4 rings (SSSR count). The molecule has 0 saturated carbocycles. The van der Waals surface area contributed by atoms with E-state index in [0.29, 0.717) is 0 Å². The lowest BCUT2D eigenvalue weighted by Gasteiger charge is -2.43. The first kappa shape index (κ1) is 35.5. The van der Waals surface area contributed by atoms with Gasteiger partial charge in [-0.1, -0.05) is 90.1 Å². The van der Waals surface area contributed by atoms with Gasteiger partial charge in [-0.3, -0.25) is 10.1 Å². The Hall–Kier alpha value is -3.32. The lowest BCUT2D eigenvalue weighted by atomic mass is 9.98. The van der Waals surface area contributed by atoms with Crippen LogP contribution in [0.25, 0.3) is 11.1 Å². The van der Waals surface area contributed by atoms with Gasteiger partial charge in [-0.05, 0) is 76.2 Å². The second kappa shape index (κ2) is 13.4. The van der Waals surface area contributed by atoms with Crippen molar-refractivity contribution in [2.75, 3.05) is 13.2 Å². The number of fused-ring (bicyclic) bond motifs is 3.